The standard InChI is InChI=1S/C29H28N4O3/c30-27(34)22-9-6-16-33(19-22)23-14-12-20(13-15-23)17-31-28(35)24-10-4-5-11-25(24)29-32-18-26(36-29)21-7-2-1-3-8-21/h1-5,7-8,10-15,18,22H,6,9,16-17,19H2,(H2,30,34)(H,31,35). The van der Waals surface area contributed by atoms with Crippen molar-refractivity contribution in [3.8, 4) is 22.8 Å². The number of carbonyl (C=O) groups is 2. The third-order valence-electron chi connectivity index (χ3n) is 6.54. The second kappa shape index (κ2) is 10.5. The Morgan fingerprint density at radius 3 is 2.53 bits per heavy atom. The van der Waals surface area contributed by atoms with Gasteiger partial charge in [-0.25, -0.2) is 4.98 Å². The van der Waals surface area contributed by atoms with Crippen LogP contribution in [-0.4, -0.2) is 29.9 Å². The number of amides is 2. The van der Waals surface area contributed by atoms with Crippen LogP contribution in [0.4, 0.5) is 5.69 Å². The zero-order chi connectivity index (χ0) is 24.9. The fourth-order valence-electron chi connectivity index (χ4n) is 4.55. The molecule has 7 nitrogen and oxygen atoms in total. The molecule has 36 heavy (non-hydrogen) atoms. The van der Waals surface area contributed by atoms with Crippen LogP contribution in [0, 0.1) is 5.92 Å². The molecule has 0 spiro atoms. The van der Waals surface area contributed by atoms with Crippen molar-refractivity contribution in [2.24, 2.45) is 11.7 Å². The number of carbonyl (C=O) groups excluding carboxylic acids is 2. The molecule has 0 aliphatic carbocycles. The van der Waals surface area contributed by atoms with Crippen LogP contribution >= 0.6 is 0 Å². The molecule has 1 aliphatic rings. The predicted molar refractivity (Wildman–Crippen MR) is 139 cm³/mol. The molecule has 2 heterocycles. The van der Waals surface area contributed by atoms with Crippen LogP contribution in [-0.2, 0) is 11.3 Å². The summed E-state index contributed by atoms with van der Waals surface area (Å²) in [6, 6.07) is 25.1. The van der Waals surface area contributed by atoms with Crippen molar-refractivity contribution in [1.82, 2.24) is 10.3 Å². The number of piperidine rings is 1. The largest absolute Gasteiger partial charge is 0.436 e. The summed E-state index contributed by atoms with van der Waals surface area (Å²) in [5.41, 5.74) is 9.61. The number of aromatic nitrogens is 1. The van der Waals surface area contributed by atoms with Crippen LogP contribution in [0.2, 0.25) is 0 Å². The number of anilines is 1. The number of hydrogen-bond donors (Lipinski definition) is 2. The van der Waals surface area contributed by atoms with Gasteiger partial charge in [0.25, 0.3) is 5.91 Å². The molecular formula is C29H28N4O3. The lowest BCUT2D eigenvalue weighted by molar-refractivity contribution is -0.122. The van der Waals surface area contributed by atoms with Gasteiger partial charge in [0.1, 0.15) is 0 Å². The minimum atomic E-state index is -0.236. The van der Waals surface area contributed by atoms with Crippen molar-refractivity contribution in [3.63, 3.8) is 0 Å². The maximum absolute atomic E-state index is 13.1. The number of hydrogen-bond acceptors (Lipinski definition) is 5. The third kappa shape index (κ3) is 5.15. The van der Waals surface area contributed by atoms with Crippen LogP contribution in [0.5, 0.6) is 0 Å². The summed E-state index contributed by atoms with van der Waals surface area (Å²) in [5.74, 6) is 0.511. The van der Waals surface area contributed by atoms with Gasteiger partial charge in [-0.05, 0) is 42.7 Å². The number of rotatable bonds is 7. The molecule has 4 aromatic rings. The van der Waals surface area contributed by atoms with Gasteiger partial charge in [-0.3, -0.25) is 9.59 Å². The quantitative estimate of drug-likeness (QED) is 0.401. The van der Waals surface area contributed by atoms with E-state index in [0.29, 0.717) is 35.9 Å². The Morgan fingerprint density at radius 2 is 1.75 bits per heavy atom. The van der Waals surface area contributed by atoms with E-state index in [1.807, 2.05) is 72.8 Å². The van der Waals surface area contributed by atoms with Crippen molar-refractivity contribution in [2.45, 2.75) is 19.4 Å². The average Bonchev–Trinajstić information content (AvgIpc) is 3.43. The first-order valence-corrected chi connectivity index (χ1v) is 12.1. The van der Waals surface area contributed by atoms with Gasteiger partial charge in [-0.15, -0.1) is 0 Å². The smallest absolute Gasteiger partial charge is 0.252 e. The molecule has 0 bridgehead atoms. The highest BCUT2D eigenvalue weighted by Crippen LogP contribution is 2.28. The number of nitrogens with one attached hydrogen (secondary N) is 1. The van der Waals surface area contributed by atoms with E-state index in [4.69, 9.17) is 10.2 Å². The summed E-state index contributed by atoms with van der Waals surface area (Å²) in [5, 5.41) is 3.00. The van der Waals surface area contributed by atoms with Gasteiger partial charge in [0.05, 0.1) is 17.7 Å². The molecule has 7 heteroatoms. The van der Waals surface area contributed by atoms with Gasteiger partial charge in [-0.1, -0.05) is 54.6 Å². The van der Waals surface area contributed by atoms with Crippen LogP contribution in [0.3, 0.4) is 0 Å². The Hall–Kier alpha value is -4.39. The normalized spacial score (nSPS) is 15.4. The van der Waals surface area contributed by atoms with E-state index in [0.717, 1.165) is 36.2 Å². The Bertz CT molecular complexity index is 1350. The average molecular weight is 481 g/mol. The Morgan fingerprint density at radius 1 is 1.00 bits per heavy atom. The molecule has 1 atom stereocenters. The van der Waals surface area contributed by atoms with Crippen molar-refractivity contribution in [2.75, 3.05) is 18.0 Å². The monoisotopic (exact) mass is 480 g/mol. The van der Waals surface area contributed by atoms with Gasteiger partial charge in [0.2, 0.25) is 11.8 Å². The van der Waals surface area contributed by atoms with Crippen LogP contribution < -0.4 is 16.0 Å². The molecule has 1 saturated heterocycles. The summed E-state index contributed by atoms with van der Waals surface area (Å²) in [7, 11) is 0. The van der Waals surface area contributed by atoms with E-state index in [9.17, 15) is 9.59 Å². The van der Waals surface area contributed by atoms with E-state index in [2.05, 4.69) is 15.2 Å². The second-order valence-corrected chi connectivity index (χ2v) is 8.98. The first kappa shape index (κ1) is 23.4. The Balaban J connectivity index is 1.25. The van der Waals surface area contributed by atoms with Gasteiger partial charge in [-0.2, -0.15) is 0 Å². The van der Waals surface area contributed by atoms with E-state index >= 15 is 0 Å². The van der Waals surface area contributed by atoms with E-state index in [-0.39, 0.29) is 17.7 Å². The van der Waals surface area contributed by atoms with Crippen molar-refractivity contribution in [3.05, 3.63) is 96.2 Å². The lowest BCUT2D eigenvalue weighted by Crippen LogP contribution is -2.41. The predicted octanol–water partition coefficient (Wildman–Crippen LogP) is 4.64. The summed E-state index contributed by atoms with van der Waals surface area (Å²) < 4.78 is 5.98. The second-order valence-electron chi connectivity index (χ2n) is 8.98. The zero-order valence-corrected chi connectivity index (χ0v) is 19.9. The van der Waals surface area contributed by atoms with E-state index < -0.39 is 0 Å². The molecule has 0 saturated carbocycles. The minimum absolute atomic E-state index is 0.106. The lowest BCUT2D eigenvalue weighted by atomic mass is 9.97. The number of primary amides is 1. The fourth-order valence-corrected chi connectivity index (χ4v) is 4.55. The molecular weight excluding hydrogens is 452 g/mol. The van der Waals surface area contributed by atoms with Gasteiger partial charge in [0.15, 0.2) is 5.76 Å². The highest BCUT2D eigenvalue weighted by atomic mass is 16.4. The highest BCUT2D eigenvalue weighted by molar-refractivity contribution is 6.00. The van der Waals surface area contributed by atoms with Gasteiger partial charge < -0.3 is 20.4 Å². The maximum Gasteiger partial charge on any atom is 0.252 e. The van der Waals surface area contributed by atoms with Crippen LogP contribution in [0.25, 0.3) is 22.8 Å². The summed E-state index contributed by atoms with van der Waals surface area (Å²) in [6.45, 7) is 1.94. The van der Waals surface area contributed by atoms with Gasteiger partial charge in [0, 0.05) is 36.4 Å². The number of nitrogens with two attached hydrogens (primary N) is 1. The zero-order valence-electron chi connectivity index (χ0n) is 19.9. The molecule has 2 amide bonds. The van der Waals surface area contributed by atoms with E-state index in [1.54, 1.807) is 12.3 Å². The molecule has 182 valence electrons. The van der Waals surface area contributed by atoms with Crippen molar-refractivity contribution < 1.29 is 14.0 Å². The summed E-state index contributed by atoms with van der Waals surface area (Å²) in [6.07, 6.45) is 3.47. The molecule has 3 aromatic carbocycles. The SMILES string of the molecule is NC(=O)C1CCCN(c2ccc(CNC(=O)c3ccccc3-c3ncc(-c4ccccc4)o3)cc2)C1. The molecule has 1 fully saturated rings. The summed E-state index contributed by atoms with van der Waals surface area (Å²) in [4.78, 5) is 31.3. The molecule has 1 aromatic heterocycles. The number of benzene rings is 3. The lowest BCUT2D eigenvalue weighted by Gasteiger charge is -2.33. The van der Waals surface area contributed by atoms with E-state index in [1.165, 1.54) is 0 Å². The third-order valence-corrected chi connectivity index (χ3v) is 6.54. The minimum Gasteiger partial charge on any atom is -0.436 e. The topological polar surface area (TPSA) is 101 Å². The fraction of sp³-hybridized carbons (Fsp3) is 0.207. The number of nitrogens with zero attached hydrogens (tertiary/aromatic N) is 2. The first-order valence-electron chi connectivity index (χ1n) is 12.1. The molecule has 1 unspecified atom stereocenters. The Kier molecular flexibility index (Phi) is 6.80. The molecule has 3 N–H and O–H groups in total. The summed E-state index contributed by atoms with van der Waals surface area (Å²) >= 11 is 0. The first-order chi connectivity index (χ1) is 17.6. The number of oxazole rings is 1. The maximum atomic E-state index is 13.1. The Labute approximate surface area is 210 Å². The molecule has 5 rings (SSSR count). The van der Waals surface area contributed by atoms with Crippen molar-refractivity contribution in [1.29, 1.82) is 0 Å². The van der Waals surface area contributed by atoms with Crippen LogP contribution in [0.15, 0.2) is 89.5 Å². The van der Waals surface area contributed by atoms with Crippen molar-refractivity contribution >= 4 is 17.5 Å². The molecule has 1 aliphatic heterocycles. The van der Waals surface area contributed by atoms with Crippen LogP contribution in [0.1, 0.15) is 28.8 Å². The van der Waals surface area contributed by atoms with Gasteiger partial charge >= 0.3 is 0 Å². The highest BCUT2D eigenvalue weighted by Gasteiger charge is 2.24. The molecule has 0 radical (unpaired) electrons.